The zero-order chi connectivity index (χ0) is 8.10. The molecule has 0 radical (unpaired) electrons. The van der Waals surface area contributed by atoms with E-state index in [-0.39, 0.29) is 0 Å². The molecule has 0 bridgehead atoms. The Morgan fingerprint density at radius 2 is 2.27 bits per heavy atom. The van der Waals surface area contributed by atoms with Crippen molar-refractivity contribution in [2.75, 3.05) is 0 Å². The third kappa shape index (κ3) is 2.64. The fourth-order valence-electron chi connectivity index (χ4n) is 0.844. The van der Waals surface area contributed by atoms with Crippen molar-refractivity contribution < 1.29 is 0 Å². The molecule has 0 heterocycles. The second-order valence-electron chi connectivity index (χ2n) is 2.20. The average Bonchev–Trinajstić information content (AvgIpc) is 2.30. The standard InChI is InChI=1S/C9H10S2/c10-7-9(11)8-5-3-1-2-4-6-8/h1-3,5-7,10-11H,4H2/b9-7-. The van der Waals surface area contributed by atoms with Gasteiger partial charge in [0, 0.05) is 4.91 Å². The molecule has 11 heavy (non-hydrogen) atoms. The van der Waals surface area contributed by atoms with Gasteiger partial charge in [0.05, 0.1) is 0 Å². The molecule has 0 amide bonds. The van der Waals surface area contributed by atoms with E-state index in [0.29, 0.717) is 0 Å². The summed E-state index contributed by atoms with van der Waals surface area (Å²) in [6.07, 6.45) is 11.3. The predicted octanol–water partition coefficient (Wildman–Crippen LogP) is 3.13. The Hall–Kier alpha value is -0.340. The van der Waals surface area contributed by atoms with Gasteiger partial charge in [-0.25, -0.2) is 0 Å². The van der Waals surface area contributed by atoms with Crippen LogP contribution >= 0.6 is 25.3 Å². The van der Waals surface area contributed by atoms with Crippen LogP contribution in [0.2, 0.25) is 0 Å². The fourth-order valence-corrected chi connectivity index (χ4v) is 1.16. The van der Waals surface area contributed by atoms with Gasteiger partial charge in [-0.15, -0.1) is 12.6 Å². The van der Waals surface area contributed by atoms with E-state index in [2.05, 4.69) is 37.4 Å². The van der Waals surface area contributed by atoms with Crippen LogP contribution in [-0.4, -0.2) is 0 Å². The number of hydrogen-bond donors (Lipinski definition) is 2. The lowest BCUT2D eigenvalue weighted by molar-refractivity contribution is 1.38. The highest BCUT2D eigenvalue weighted by molar-refractivity contribution is 7.88. The lowest BCUT2D eigenvalue weighted by Gasteiger charge is -1.97. The van der Waals surface area contributed by atoms with Gasteiger partial charge >= 0.3 is 0 Å². The van der Waals surface area contributed by atoms with Crippen LogP contribution in [0.15, 0.2) is 46.3 Å². The van der Waals surface area contributed by atoms with Crippen molar-refractivity contribution in [2.24, 2.45) is 0 Å². The third-order valence-corrected chi connectivity index (χ3v) is 2.26. The van der Waals surface area contributed by atoms with E-state index in [0.717, 1.165) is 16.9 Å². The minimum atomic E-state index is 0.910. The molecule has 0 aliphatic heterocycles. The van der Waals surface area contributed by atoms with E-state index in [9.17, 15) is 0 Å². The van der Waals surface area contributed by atoms with E-state index in [1.54, 1.807) is 5.41 Å². The molecule has 0 fully saturated rings. The van der Waals surface area contributed by atoms with Crippen LogP contribution in [0.4, 0.5) is 0 Å². The highest BCUT2D eigenvalue weighted by atomic mass is 32.1. The van der Waals surface area contributed by atoms with Crippen LogP contribution in [-0.2, 0) is 0 Å². The van der Waals surface area contributed by atoms with Crippen LogP contribution in [0.5, 0.6) is 0 Å². The molecule has 0 atom stereocenters. The highest BCUT2D eigenvalue weighted by Crippen LogP contribution is 2.18. The Morgan fingerprint density at radius 1 is 1.45 bits per heavy atom. The van der Waals surface area contributed by atoms with Crippen LogP contribution < -0.4 is 0 Å². The van der Waals surface area contributed by atoms with Crippen molar-refractivity contribution in [1.82, 2.24) is 0 Å². The van der Waals surface area contributed by atoms with Gasteiger partial charge in [-0.05, 0) is 17.4 Å². The summed E-state index contributed by atoms with van der Waals surface area (Å²) >= 11 is 8.29. The van der Waals surface area contributed by atoms with Gasteiger partial charge in [0.1, 0.15) is 0 Å². The summed E-state index contributed by atoms with van der Waals surface area (Å²) in [5.74, 6) is 0. The van der Waals surface area contributed by atoms with Crippen LogP contribution in [0.25, 0.3) is 0 Å². The molecule has 0 spiro atoms. The Labute approximate surface area is 78.2 Å². The largest absolute Gasteiger partial charge is 0.150 e. The van der Waals surface area contributed by atoms with E-state index < -0.39 is 0 Å². The Balaban J connectivity index is 2.81. The lowest BCUT2D eigenvalue weighted by Crippen LogP contribution is -1.75. The number of rotatable bonds is 1. The Bertz CT molecular complexity index is 244. The molecule has 0 aromatic heterocycles. The first-order valence-electron chi connectivity index (χ1n) is 3.41. The third-order valence-electron chi connectivity index (χ3n) is 1.41. The molecule has 2 heteroatoms. The van der Waals surface area contributed by atoms with Gasteiger partial charge < -0.3 is 0 Å². The first-order chi connectivity index (χ1) is 5.34. The van der Waals surface area contributed by atoms with Crippen molar-refractivity contribution in [3.63, 3.8) is 0 Å². The zero-order valence-electron chi connectivity index (χ0n) is 6.07. The molecule has 0 aromatic carbocycles. The fraction of sp³-hybridized carbons (Fsp3) is 0.111. The van der Waals surface area contributed by atoms with Crippen molar-refractivity contribution >= 4 is 25.3 Å². The molecule has 0 aromatic rings. The first-order valence-corrected chi connectivity index (χ1v) is 4.38. The molecule has 0 unspecified atom stereocenters. The minimum absolute atomic E-state index is 0.910. The quantitative estimate of drug-likeness (QED) is 0.572. The van der Waals surface area contributed by atoms with Crippen LogP contribution in [0.3, 0.4) is 0 Å². The average molecular weight is 182 g/mol. The number of thiol groups is 2. The second kappa shape index (κ2) is 4.52. The van der Waals surface area contributed by atoms with E-state index in [1.807, 2.05) is 18.2 Å². The summed E-state index contributed by atoms with van der Waals surface area (Å²) in [7, 11) is 0. The summed E-state index contributed by atoms with van der Waals surface area (Å²) in [6, 6.07) is 0. The predicted molar refractivity (Wildman–Crippen MR) is 57.0 cm³/mol. The molecule has 1 aliphatic carbocycles. The topological polar surface area (TPSA) is 0 Å². The normalized spacial score (nSPS) is 18.0. The molecule has 0 saturated heterocycles. The molecule has 58 valence electrons. The van der Waals surface area contributed by atoms with E-state index in [1.165, 1.54) is 0 Å². The highest BCUT2D eigenvalue weighted by Gasteiger charge is 1.95. The minimum Gasteiger partial charge on any atom is -0.150 e. The molecule has 1 aliphatic rings. The van der Waals surface area contributed by atoms with E-state index in [4.69, 9.17) is 0 Å². The van der Waals surface area contributed by atoms with Gasteiger partial charge in [-0.2, -0.15) is 12.6 Å². The van der Waals surface area contributed by atoms with Crippen molar-refractivity contribution in [2.45, 2.75) is 6.42 Å². The summed E-state index contributed by atoms with van der Waals surface area (Å²) in [4.78, 5) is 0.910. The molecule has 0 saturated carbocycles. The van der Waals surface area contributed by atoms with Crippen LogP contribution in [0, 0.1) is 0 Å². The molecular formula is C9H10S2. The summed E-state index contributed by atoms with van der Waals surface area (Å²) in [5.41, 5.74) is 1.13. The second-order valence-corrected chi connectivity index (χ2v) is 2.94. The summed E-state index contributed by atoms with van der Waals surface area (Å²) < 4.78 is 0. The maximum atomic E-state index is 4.26. The zero-order valence-corrected chi connectivity index (χ0v) is 7.85. The number of hydrogen-bond acceptors (Lipinski definition) is 2. The summed E-state index contributed by atoms with van der Waals surface area (Å²) in [5, 5.41) is 1.70. The van der Waals surface area contributed by atoms with Gasteiger partial charge in [0.2, 0.25) is 0 Å². The van der Waals surface area contributed by atoms with E-state index >= 15 is 0 Å². The van der Waals surface area contributed by atoms with Crippen molar-refractivity contribution in [3.8, 4) is 0 Å². The maximum absolute atomic E-state index is 4.26. The lowest BCUT2D eigenvalue weighted by atomic mass is 10.2. The Morgan fingerprint density at radius 3 is 3.00 bits per heavy atom. The SMILES string of the molecule is S/C=C(\S)C1=CCC=CC=C1. The Kier molecular flexibility index (Phi) is 3.60. The smallest absolute Gasteiger partial charge is 0.0170 e. The molecule has 1 rings (SSSR count). The van der Waals surface area contributed by atoms with Gasteiger partial charge in [-0.3, -0.25) is 0 Å². The first kappa shape index (κ1) is 8.75. The molecule has 0 nitrogen and oxygen atoms in total. The van der Waals surface area contributed by atoms with Crippen LogP contribution in [0.1, 0.15) is 6.42 Å². The molecular weight excluding hydrogens is 172 g/mol. The maximum Gasteiger partial charge on any atom is 0.0170 e. The van der Waals surface area contributed by atoms with Crippen molar-refractivity contribution in [1.29, 1.82) is 0 Å². The number of allylic oxidation sites excluding steroid dienone is 6. The van der Waals surface area contributed by atoms with Gasteiger partial charge in [0.25, 0.3) is 0 Å². The molecule has 0 N–H and O–H groups in total. The van der Waals surface area contributed by atoms with Crippen molar-refractivity contribution in [3.05, 3.63) is 46.3 Å². The van der Waals surface area contributed by atoms with Gasteiger partial charge in [0.15, 0.2) is 0 Å². The monoisotopic (exact) mass is 182 g/mol. The van der Waals surface area contributed by atoms with Gasteiger partial charge in [-0.1, -0.05) is 30.4 Å². The summed E-state index contributed by atoms with van der Waals surface area (Å²) in [6.45, 7) is 0.